The first-order valence-electron chi connectivity index (χ1n) is 4.21. The first kappa shape index (κ1) is 30.9. The predicted octanol–water partition coefficient (Wildman–Crippen LogP) is -0.563. The Balaban J connectivity index is -0.0000000412. The average Bonchev–Trinajstić information content (AvgIpc) is 2.27. The van der Waals surface area contributed by atoms with Gasteiger partial charge in [0.05, 0.1) is 0 Å². The molecule has 0 aromatic carbocycles. The molecule has 0 unspecified atom stereocenters. The van der Waals surface area contributed by atoms with Gasteiger partial charge in [0, 0.05) is 19.8 Å². The monoisotopic (exact) mass is 341 g/mol. The standard InChI is InChI=1S/3C2H6NO.Cu.H2O4S/c3*3-1-2-4;;1-5(2,3)4/h3*3-4H,1-2H2;;(H2,1,2,3,4)/q3*-1;+2;. The number of aliphatic hydroxyl groups is 3. The third kappa shape index (κ3) is 374. The van der Waals surface area contributed by atoms with E-state index < -0.39 is 10.4 Å². The van der Waals surface area contributed by atoms with E-state index in [1.165, 1.54) is 0 Å². The van der Waals surface area contributed by atoms with Crippen molar-refractivity contribution >= 4 is 10.4 Å². The van der Waals surface area contributed by atoms with Gasteiger partial charge in [-0.15, -0.1) is 19.6 Å². The molecule has 1 radical (unpaired) electrons. The topological polar surface area (TPSA) is 207 Å². The Hall–Kier alpha value is 0.149. The molecule has 0 atom stereocenters. The van der Waals surface area contributed by atoms with E-state index in [-0.39, 0.29) is 56.5 Å². The average molecular weight is 342 g/mol. The summed E-state index contributed by atoms with van der Waals surface area (Å²) in [7, 11) is -4.67. The van der Waals surface area contributed by atoms with E-state index in [0.717, 1.165) is 0 Å². The van der Waals surface area contributed by atoms with Crippen molar-refractivity contribution in [2.24, 2.45) is 0 Å². The molecule has 8 N–H and O–H groups in total. The summed E-state index contributed by atoms with van der Waals surface area (Å²) in [4.78, 5) is 0. The SMILES string of the molecule is O=S(=O)(O)O.[Cu+2].[NH-]CCO.[NH-]CCO.[NH-]CCO. The Labute approximate surface area is 117 Å². The van der Waals surface area contributed by atoms with Gasteiger partial charge in [-0.2, -0.15) is 8.42 Å². The molecule has 0 fully saturated rings. The van der Waals surface area contributed by atoms with Crippen molar-refractivity contribution in [3.05, 3.63) is 17.2 Å². The summed E-state index contributed by atoms with van der Waals surface area (Å²) in [6, 6.07) is 0. The molecule has 0 saturated heterocycles. The van der Waals surface area contributed by atoms with Crippen LogP contribution in [0, 0.1) is 0 Å². The van der Waals surface area contributed by atoms with Gasteiger partial charge in [-0.05, 0) is 0 Å². The van der Waals surface area contributed by atoms with E-state index >= 15 is 0 Å². The molecule has 0 aromatic heterocycles. The summed E-state index contributed by atoms with van der Waals surface area (Å²) in [6.45, 7) is 0.333. The van der Waals surface area contributed by atoms with Crippen molar-refractivity contribution in [2.75, 3.05) is 39.5 Å². The van der Waals surface area contributed by atoms with Crippen LogP contribution in [0.25, 0.3) is 17.2 Å². The van der Waals surface area contributed by atoms with E-state index in [1.54, 1.807) is 0 Å². The third-order valence-electron chi connectivity index (χ3n) is 0.335. The van der Waals surface area contributed by atoms with Crippen LogP contribution >= 0.6 is 0 Å². The van der Waals surface area contributed by atoms with Crippen molar-refractivity contribution in [1.82, 2.24) is 0 Å². The minimum absolute atomic E-state index is 0. The molecule has 0 amide bonds. The van der Waals surface area contributed by atoms with E-state index in [4.69, 9.17) is 50.0 Å². The fourth-order valence-corrected chi connectivity index (χ4v) is 0. The molecule has 0 spiro atoms. The molecule has 0 saturated carbocycles. The molecule has 10 nitrogen and oxygen atoms in total. The van der Waals surface area contributed by atoms with Crippen molar-refractivity contribution in [2.45, 2.75) is 0 Å². The quantitative estimate of drug-likeness (QED) is 0.333. The third-order valence-corrected chi connectivity index (χ3v) is 0.335. The first-order chi connectivity index (χ1) is 7.74. The summed E-state index contributed by atoms with van der Waals surface area (Å²) in [5, 5.41) is 23.1. The summed E-state index contributed by atoms with van der Waals surface area (Å²) in [6.07, 6.45) is 0. The minimum atomic E-state index is -4.67. The van der Waals surface area contributed by atoms with Gasteiger partial charge >= 0.3 is 27.5 Å². The fraction of sp³-hybridized carbons (Fsp3) is 1.00. The Bertz CT molecular complexity index is 170. The van der Waals surface area contributed by atoms with E-state index in [0.29, 0.717) is 0 Å². The van der Waals surface area contributed by atoms with Gasteiger partial charge in [-0.1, -0.05) is 0 Å². The molecular weight excluding hydrogens is 322 g/mol. The van der Waals surface area contributed by atoms with Crippen LogP contribution in [-0.2, 0) is 27.5 Å². The van der Waals surface area contributed by atoms with Gasteiger partial charge in [0.25, 0.3) is 0 Å². The van der Waals surface area contributed by atoms with Crippen molar-refractivity contribution < 1.29 is 49.9 Å². The van der Waals surface area contributed by atoms with Crippen LogP contribution in [0.4, 0.5) is 0 Å². The number of hydrogen-bond donors (Lipinski definition) is 5. The van der Waals surface area contributed by atoms with Crippen molar-refractivity contribution in [1.29, 1.82) is 0 Å². The van der Waals surface area contributed by atoms with E-state index in [2.05, 4.69) is 0 Å². The van der Waals surface area contributed by atoms with Gasteiger partial charge < -0.3 is 32.5 Å². The number of hydrogen-bond acceptors (Lipinski definition) is 5. The zero-order valence-electron chi connectivity index (χ0n) is 9.50. The van der Waals surface area contributed by atoms with Gasteiger partial charge in [0.2, 0.25) is 0 Å². The fourth-order valence-electron chi connectivity index (χ4n) is 0. The Kier molecular flexibility index (Phi) is 52.0. The van der Waals surface area contributed by atoms with Gasteiger partial charge in [-0.3, -0.25) is 9.11 Å². The largest absolute Gasteiger partial charge is 2.00 e. The summed E-state index contributed by atoms with van der Waals surface area (Å²) in [5.41, 5.74) is 18.6. The Morgan fingerprint density at radius 2 is 0.778 bits per heavy atom. The minimum Gasteiger partial charge on any atom is -0.676 e. The van der Waals surface area contributed by atoms with Crippen LogP contribution in [0.5, 0.6) is 0 Å². The Morgan fingerprint density at radius 1 is 0.722 bits per heavy atom. The Morgan fingerprint density at radius 3 is 0.778 bits per heavy atom. The second-order valence-corrected chi connectivity index (χ2v) is 2.76. The van der Waals surface area contributed by atoms with Crippen LogP contribution < -0.4 is 0 Å². The number of aliphatic hydroxyl groups excluding tert-OH is 3. The molecule has 0 aromatic rings. The molecule has 0 bridgehead atoms. The smallest absolute Gasteiger partial charge is 0.676 e. The molecule has 0 aliphatic rings. The van der Waals surface area contributed by atoms with Crippen LogP contribution in [0.15, 0.2) is 0 Å². The zero-order valence-corrected chi connectivity index (χ0v) is 11.3. The predicted molar refractivity (Wildman–Crippen MR) is 63.0 cm³/mol. The molecule has 119 valence electrons. The normalized spacial score (nSPS) is 8.22. The van der Waals surface area contributed by atoms with Gasteiger partial charge in [-0.25, -0.2) is 0 Å². The van der Waals surface area contributed by atoms with Crippen molar-refractivity contribution in [3.8, 4) is 0 Å². The molecular formula is C6H20CuN3O7S-. The second kappa shape index (κ2) is 30.3. The van der Waals surface area contributed by atoms with E-state index in [9.17, 15) is 0 Å². The second-order valence-electron chi connectivity index (χ2n) is 1.87. The maximum absolute atomic E-state index is 8.74. The van der Waals surface area contributed by atoms with Crippen molar-refractivity contribution in [3.63, 3.8) is 0 Å². The van der Waals surface area contributed by atoms with Crippen LogP contribution in [0.1, 0.15) is 0 Å². The maximum atomic E-state index is 8.74. The zero-order chi connectivity index (χ0) is 14.7. The molecule has 18 heavy (non-hydrogen) atoms. The van der Waals surface area contributed by atoms with Crippen LogP contribution in [0.3, 0.4) is 0 Å². The molecule has 0 rings (SSSR count). The van der Waals surface area contributed by atoms with E-state index in [1.807, 2.05) is 0 Å². The summed E-state index contributed by atoms with van der Waals surface area (Å²) >= 11 is 0. The first-order valence-corrected chi connectivity index (χ1v) is 5.60. The molecule has 0 aliphatic heterocycles. The van der Waals surface area contributed by atoms with Gasteiger partial charge in [0.15, 0.2) is 0 Å². The maximum Gasteiger partial charge on any atom is 2.00 e. The number of rotatable bonds is 3. The molecule has 0 aliphatic carbocycles. The molecule has 12 heteroatoms. The summed E-state index contributed by atoms with van der Waals surface area (Å²) in [5.74, 6) is 0. The molecule has 0 heterocycles. The van der Waals surface area contributed by atoms with Gasteiger partial charge in [0.1, 0.15) is 0 Å². The van der Waals surface area contributed by atoms with Crippen LogP contribution in [-0.4, -0.2) is 72.3 Å². The summed E-state index contributed by atoms with van der Waals surface area (Å²) < 4.78 is 31.6. The number of nitrogens with one attached hydrogen (secondary N) is 3. The van der Waals surface area contributed by atoms with Crippen LogP contribution in [0.2, 0.25) is 0 Å².